The second-order valence-electron chi connectivity index (χ2n) is 5.28. The second-order valence-corrected chi connectivity index (χ2v) is 5.71. The average molecular weight is 254 g/mol. The Morgan fingerprint density at radius 3 is 2.76 bits per heavy atom. The quantitative estimate of drug-likeness (QED) is 0.836. The molecule has 0 aliphatic carbocycles. The number of halogens is 1. The van der Waals surface area contributed by atoms with Crippen molar-refractivity contribution in [3.63, 3.8) is 0 Å². The number of nitrogens with two attached hydrogens (primary N) is 1. The Bertz CT molecular complexity index is 408. The zero-order chi connectivity index (χ0) is 12.6. The topological polar surface area (TPSA) is 42.2 Å². The van der Waals surface area contributed by atoms with Crippen molar-refractivity contribution >= 4 is 23.1 Å². The summed E-state index contributed by atoms with van der Waals surface area (Å²) in [5, 5.41) is 0.594. The summed E-state index contributed by atoms with van der Waals surface area (Å²) in [5.74, 6) is 2.22. The third-order valence-corrected chi connectivity index (χ3v) is 3.94. The highest BCUT2D eigenvalue weighted by molar-refractivity contribution is 6.30. The molecule has 0 aromatic carbocycles. The number of rotatable bonds is 1. The predicted octanol–water partition coefficient (Wildman–Crippen LogP) is 3.19. The van der Waals surface area contributed by atoms with Gasteiger partial charge in [0.05, 0.1) is 10.7 Å². The molecule has 2 N–H and O–H groups in total. The van der Waals surface area contributed by atoms with Crippen molar-refractivity contribution in [2.75, 3.05) is 17.2 Å². The molecule has 0 radical (unpaired) electrons. The molecule has 4 heteroatoms. The smallest absolute Gasteiger partial charge is 0.152 e. The highest BCUT2D eigenvalue weighted by atomic mass is 35.5. The van der Waals surface area contributed by atoms with Crippen molar-refractivity contribution in [3.8, 4) is 0 Å². The predicted molar refractivity (Wildman–Crippen MR) is 73.4 cm³/mol. The van der Waals surface area contributed by atoms with Crippen LogP contribution in [0.5, 0.6) is 0 Å². The summed E-state index contributed by atoms with van der Waals surface area (Å²) >= 11 is 5.89. The molecule has 0 spiro atoms. The van der Waals surface area contributed by atoms with Crippen molar-refractivity contribution in [2.45, 2.75) is 33.2 Å². The van der Waals surface area contributed by atoms with E-state index in [-0.39, 0.29) is 0 Å². The zero-order valence-electron chi connectivity index (χ0n) is 10.7. The van der Waals surface area contributed by atoms with Crippen LogP contribution in [0.15, 0.2) is 12.3 Å². The number of hydrogen-bond donors (Lipinski definition) is 1. The van der Waals surface area contributed by atoms with E-state index in [9.17, 15) is 0 Å². The molecule has 3 atom stereocenters. The van der Waals surface area contributed by atoms with E-state index in [2.05, 4.69) is 30.7 Å². The molecule has 0 amide bonds. The SMILES string of the molecule is CC1CC(C)C(C)N(c2ncc(Cl)cc2N)C1. The normalized spacial score (nSPS) is 29.4. The number of nitrogen functional groups attached to an aromatic ring is 1. The van der Waals surface area contributed by atoms with E-state index >= 15 is 0 Å². The highest BCUT2D eigenvalue weighted by Crippen LogP contribution is 2.33. The van der Waals surface area contributed by atoms with Gasteiger partial charge in [-0.15, -0.1) is 0 Å². The van der Waals surface area contributed by atoms with Crippen LogP contribution in [-0.2, 0) is 0 Å². The average Bonchev–Trinajstić information content (AvgIpc) is 2.24. The van der Waals surface area contributed by atoms with Crippen LogP contribution in [0.4, 0.5) is 11.5 Å². The molecule has 1 aliphatic heterocycles. The van der Waals surface area contributed by atoms with Gasteiger partial charge >= 0.3 is 0 Å². The maximum absolute atomic E-state index is 6.02. The first kappa shape index (κ1) is 12.5. The van der Waals surface area contributed by atoms with Crippen LogP contribution in [-0.4, -0.2) is 17.6 Å². The van der Waals surface area contributed by atoms with Gasteiger partial charge in [0.2, 0.25) is 0 Å². The zero-order valence-corrected chi connectivity index (χ0v) is 11.4. The number of nitrogens with zero attached hydrogens (tertiary/aromatic N) is 2. The number of aromatic nitrogens is 1. The highest BCUT2D eigenvalue weighted by Gasteiger charge is 2.30. The van der Waals surface area contributed by atoms with Gasteiger partial charge in [-0.1, -0.05) is 25.4 Å². The van der Waals surface area contributed by atoms with Crippen molar-refractivity contribution in [1.82, 2.24) is 4.98 Å². The van der Waals surface area contributed by atoms with Crippen LogP contribution < -0.4 is 10.6 Å². The van der Waals surface area contributed by atoms with Crippen LogP contribution in [0.3, 0.4) is 0 Å². The minimum absolute atomic E-state index is 0.474. The molecule has 1 saturated heterocycles. The van der Waals surface area contributed by atoms with Gasteiger partial charge in [0.1, 0.15) is 0 Å². The van der Waals surface area contributed by atoms with Gasteiger partial charge in [-0.05, 0) is 31.2 Å². The number of pyridine rings is 1. The van der Waals surface area contributed by atoms with E-state index in [1.807, 2.05) is 0 Å². The molecule has 1 aromatic rings. The van der Waals surface area contributed by atoms with Crippen molar-refractivity contribution in [2.24, 2.45) is 11.8 Å². The summed E-state index contributed by atoms with van der Waals surface area (Å²) in [6.07, 6.45) is 2.94. The van der Waals surface area contributed by atoms with Gasteiger partial charge in [0.15, 0.2) is 5.82 Å². The molecule has 3 unspecified atom stereocenters. The molecule has 2 heterocycles. The number of anilines is 2. The van der Waals surface area contributed by atoms with Gasteiger partial charge < -0.3 is 10.6 Å². The Morgan fingerprint density at radius 1 is 1.41 bits per heavy atom. The minimum Gasteiger partial charge on any atom is -0.396 e. The van der Waals surface area contributed by atoms with E-state index < -0.39 is 0 Å². The fourth-order valence-corrected chi connectivity index (χ4v) is 2.85. The first-order valence-corrected chi connectivity index (χ1v) is 6.54. The molecule has 1 fully saturated rings. The lowest BCUT2D eigenvalue weighted by atomic mass is 9.86. The van der Waals surface area contributed by atoms with Gasteiger partial charge in [0, 0.05) is 18.8 Å². The van der Waals surface area contributed by atoms with Crippen molar-refractivity contribution < 1.29 is 0 Å². The fraction of sp³-hybridized carbons (Fsp3) is 0.615. The second kappa shape index (κ2) is 4.73. The van der Waals surface area contributed by atoms with Crippen LogP contribution >= 0.6 is 11.6 Å². The summed E-state index contributed by atoms with van der Waals surface area (Å²) < 4.78 is 0. The van der Waals surface area contributed by atoms with E-state index in [4.69, 9.17) is 17.3 Å². The van der Waals surface area contributed by atoms with E-state index in [0.29, 0.717) is 28.6 Å². The lowest BCUT2D eigenvalue weighted by molar-refractivity contribution is 0.296. The minimum atomic E-state index is 0.474. The van der Waals surface area contributed by atoms with Gasteiger partial charge in [0.25, 0.3) is 0 Å². The Kier molecular flexibility index (Phi) is 3.48. The van der Waals surface area contributed by atoms with E-state index in [1.54, 1.807) is 12.3 Å². The Hall–Kier alpha value is -0.960. The molecule has 2 rings (SSSR count). The molecule has 0 saturated carbocycles. The first-order chi connectivity index (χ1) is 7.99. The summed E-state index contributed by atoms with van der Waals surface area (Å²) in [5.41, 5.74) is 6.69. The van der Waals surface area contributed by atoms with Crippen LogP contribution in [0, 0.1) is 11.8 Å². The van der Waals surface area contributed by atoms with Crippen LogP contribution in [0.2, 0.25) is 5.02 Å². The molecule has 94 valence electrons. The van der Waals surface area contributed by atoms with Crippen molar-refractivity contribution in [1.29, 1.82) is 0 Å². The molecule has 3 nitrogen and oxygen atoms in total. The largest absolute Gasteiger partial charge is 0.396 e. The van der Waals surface area contributed by atoms with Gasteiger partial charge in [-0.2, -0.15) is 0 Å². The van der Waals surface area contributed by atoms with Crippen LogP contribution in [0.1, 0.15) is 27.2 Å². The van der Waals surface area contributed by atoms with Crippen molar-refractivity contribution in [3.05, 3.63) is 17.3 Å². The van der Waals surface area contributed by atoms with Gasteiger partial charge in [-0.3, -0.25) is 0 Å². The maximum atomic E-state index is 6.02. The van der Waals surface area contributed by atoms with Gasteiger partial charge in [-0.25, -0.2) is 4.98 Å². The molecule has 1 aromatic heterocycles. The Balaban J connectivity index is 2.31. The monoisotopic (exact) mass is 253 g/mol. The Labute approximate surface area is 108 Å². The summed E-state index contributed by atoms with van der Waals surface area (Å²) in [6.45, 7) is 7.83. The standard InChI is InChI=1S/C13H20ClN3/c1-8-4-9(2)10(3)17(7-8)13-12(15)5-11(14)6-16-13/h5-6,8-10H,4,7,15H2,1-3H3. The third-order valence-electron chi connectivity index (χ3n) is 3.73. The molecular weight excluding hydrogens is 234 g/mol. The summed E-state index contributed by atoms with van der Waals surface area (Å²) in [4.78, 5) is 6.70. The fourth-order valence-electron chi connectivity index (χ4n) is 2.68. The lowest BCUT2D eigenvalue weighted by Gasteiger charge is -2.42. The molecule has 1 aliphatic rings. The molecule has 17 heavy (non-hydrogen) atoms. The van der Waals surface area contributed by atoms with E-state index in [1.165, 1.54) is 6.42 Å². The number of piperidine rings is 1. The summed E-state index contributed by atoms with van der Waals surface area (Å²) in [7, 11) is 0. The third kappa shape index (κ3) is 2.49. The van der Waals surface area contributed by atoms with E-state index in [0.717, 1.165) is 12.4 Å². The first-order valence-electron chi connectivity index (χ1n) is 6.16. The number of hydrogen-bond acceptors (Lipinski definition) is 3. The maximum Gasteiger partial charge on any atom is 0.152 e. The van der Waals surface area contributed by atoms with Crippen LogP contribution in [0.25, 0.3) is 0 Å². The lowest BCUT2D eigenvalue weighted by Crippen LogP contribution is -2.46. The Morgan fingerprint density at radius 2 is 2.12 bits per heavy atom. The molecular formula is C13H20ClN3. The summed E-state index contributed by atoms with van der Waals surface area (Å²) in [6, 6.07) is 2.25. The molecule has 0 bridgehead atoms.